The average molecular weight is 487 g/mol. The van der Waals surface area contributed by atoms with E-state index in [2.05, 4.69) is 86.4 Å². The second-order valence-electron chi connectivity index (χ2n) is 9.25. The molecule has 2 aliphatic rings. The molecule has 0 amide bonds. The Bertz CT molecular complexity index is 759. The standard InChI is InChI=1S/C15H23NS.C7H15N.C7H8S/c1-4-12(2)16-11-7-9-14(16)13-8-5-6-10-15(13)17-3;1-7(2)8-5-3-4-6-8;1-8-7-5-3-2-4-6-7/h5-6,8,10,12,14H,4,7,9,11H2,1-3H3;7H,3-6H2,1-2H3;2-6H,1H3/t12?,14-;;/m0../s1. The predicted molar refractivity (Wildman–Crippen MR) is 151 cm³/mol. The molecule has 2 aromatic carbocycles. The Balaban J connectivity index is 0.000000200. The minimum atomic E-state index is 0.647. The molecule has 33 heavy (non-hydrogen) atoms. The molecule has 2 nitrogen and oxygen atoms in total. The van der Waals surface area contributed by atoms with E-state index in [1.165, 1.54) is 67.1 Å². The van der Waals surface area contributed by atoms with Crippen LogP contribution in [0, 0.1) is 0 Å². The van der Waals surface area contributed by atoms with Crippen molar-refractivity contribution in [3.8, 4) is 0 Å². The summed E-state index contributed by atoms with van der Waals surface area (Å²) in [5.74, 6) is 0. The van der Waals surface area contributed by atoms with Gasteiger partial charge in [-0.1, -0.05) is 43.3 Å². The smallest absolute Gasteiger partial charge is 0.0362 e. The molecule has 0 bridgehead atoms. The zero-order valence-corrected chi connectivity index (χ0v) is 23.4. The third kappa shape index (κ3) is 9.32. The topological polar surface area (TPSA) is 6.48 Å². The summed E-state index contributed by atoms with van der Waals surface area (Å²) in [7, 11) is 0. The molecular formula is C29H46N2S2. The van der Waals surface area contributed by atoms with E-state index in [1.807, 2.05) is 30.0 Å². The van der Waals surface area contributed by atoms with Crippen molar-refractivity contribution in [2.45, 2.75) is 87.7 Å². The molecule has 2 heterocycles. The van der Waals surface area contributed by atoms with Crippen LogP contribution in [0.1, 0.15) is 71.4 Å². The Hall–Kier alpha value is -0.940. The molecule has 2 aromatic rings. The van der Waals surface area contributed by atoms with Crippen molar-refractivity contribution in [2.75, 3.05) is 32.1 Å². The van der Waals surface area contributed by atoms with Gasteiger partial charge in [0, 0.05) is 27.9 Å². The fourth-order valence-electron chi connectivity index (χ4n) is 4.64. The first-order valence-electron chi connectivity index (χ1n) is 12.7. The Kier molecular flexibility index (Phi) is 13.6. The molecule has 2 fully saturated rings. The van der Waals surface area contributed by atoms with Crippen LogP contribution in [-0.4, -0.2) is 54.0 Å². The van der Waals surface area contributed by atoms with E-state index in [0.717, 1.165) is 6.04 Å². The van der Waals surface area contributed by atoms with Crippen LogP contribution in [0.3, 0.4) is 0 Å². The largest absolute Gasteiger partial charge is 0.301 e. The van der Waals surface area contributed by atoms with Gasteiger partial charge < -0.3 is 4.90 Å². The number of hydrogen-bond acceptors (Lipinski definition) is 4. The van der Waals surface area contributed by atoms with E-state index in [9.17, 15) is 0 Å². The zero-order valence-electron chi connectivity index (χ0n) is 21.8. The normalized spacial score (nSPS) is 19.5. The molecule has 4 heteroatoms. The monoisotopic (exact) mass is 486 g/mol. The average Bonchev–Trinajstić information content (AvgIpc) is 3.57. The van der Waals surface area contributed by atoms with Gasteiger partial charge in [0.1, 0.15) is 0 Å². The highest BCUT2D eigenvalue weighted by Gasteiger charge is 2.29. The zero-order chi connectivity index (χ0) is 24.1. The Morgan fingerprint density at radius 1 is 0.818 bits per heavy atom. The van der Waals surface area contributed by atoms with E-state index in [1.54, 1.807) is 11.8 Å². The van der Waals surface area contributed by atoms with Gasteiger partial charge in [0.15, 0.2) is 0 Å². The molecule has 184 valence electrons. The number of rotatable bonds is 6. The molecule has 2 atom stereocenters. The van der Waals surface area contributed by atoms with Gasteiger partial charge in [0.25, 0.3) is 0 Å². The van der Waals surface area contributed by atoms with Crippen molar-refractivity contribution in [3.05, 3.63) is 60.2 Å². The highest BCUT2D eigenvalue weighted by Crippen LogP contribution is 2.38. The molecule has 1 unspecified atom stereocenters. The summed E-state index contributed by atoms with van der Waals surface area (Å²) in [5, 5.41) is 0. The fraction of sp³-hybridized carbons (Fsp3) is 0.586. The van der Waals surface area contributed by atoms with Crippen molar-refractivity contribution in [1.29, 1.82) is 0 Å². The summed E-state index contributed by atoms with van der Waals surface area (Å²) in [6.07, 6.45) is 11.0. The number of likely N-dealkylation sites (tertiary alicyclic amines) is 2. The molecular weight excluding hydrogens is 440 g/mol. The van der Waals surface area contributed by atoms with Crippen LogP contribution in [0.4, 0.5) is 0 Å². The molecule has 2 aliphatic heterocycles. The van der Waals surface area contributed by atoms with Crippen LogP contribution in [0.15, 0.2) is 64.4 Å². The van der Waals surface area contributed by atoms with E-state index in [0.29, 0.717) is 12.1 Å². The first kappa shape index (κ1) is 28.3. The van der Waals surface area contributed by atoms with E-state index in [-0.39, 0.29) is 0 Å². The number of nitrogens with zero attached hydrogens (tertiary/aromatic N) is 2. The maximum atomic E-state index is 2.69. The Morgan fingerprint density at radius 3 is 1.97 bits per heavy atom. The molecule has 4 rings (SSSR count). The van der Waals surface area contributed by atoms with Gasteiger partial charge in [-0.2, -0.15) is 0 Å². The van der Waals surface area contributed by atoms with Crippen molar-refractivity contribution in [3.63, 3.8) is 0 Å². The van der Waals surface area contributed by atoms with Gasteiger partial charge in [0.2, 0.25) is 0 Å². The maximum Gasteiger partial charge on any atom is 0.0362 e. The van der Waals surface area contributed by atoms with Gasteiger partial charge in [-0.3, -0.25) is 4.90 Å². The Labute approximate surface area is 212 Å². The van der Waals surface area contributed by atoms with Crippen molar-refractivity contribution < 1.29 is 0 Å². The SMILES string of the molecule is CC(C)N1CCCC1.CCC(C)N1CCC[C@H]1c1ccccc1SC.CSc1ccccc1. The summed E-state index contributed by atoms with van der Waals surface area (Å²) in [6, 6.07) is 21.4. The van der Waals surface area contributed by atoms with Gasteiger partial charge in [-0.15, -0.1) is 23.5 Å². The van der Waals surface area contributed by atoms with Crippen molar-refractivity contribution >= 4 is 23.5 Å². The highest BCUT2D eigenvalue weighted by atomic mass is 32.2. The van der Waals surface area contributed by atoms with Crippen LogP contribution in [-0.2, 0) is 0 Å². The maximum absolute atomic E-state index is 2.69. The van der Waals surface area contributed by atoms with Gasteiger partial charge in [0.05, 0.1) is 0 Å². The quantitative estimate of drug-likeness (QED) is 0.379. The van der Waals surface area contributed by atoms with Gasteiger partial charge >= 0.3 is 0 Å². The lowest BCUT2D eigenvalue weighted by atomic mass is 10.0. The third-order valence-corrected chi connectivity index (χ3v) is 8.35. The third-order valence-electron chi connectivity index (χ3n) is 6.80. The van der Waals surface area contributed by atoms with E-state index in [4.69, 9.17) is 0 Å². The fourth-order valence-corrected chi connectivity index (χ4v) is 5.73. The summed E-state index contributed by atoms with van der Waals surface area (Å²) in [6.45, 7) is 13.1. The van der Waals surface area contributed by atoms with Gasteiger partial charge in [-0.05, 0) is 109 Å². The summed E-state index contributed by atoms with van der Waals surface area (Å²) < 4.78 is 0. The second kappa shape index (κ2) is 15.9. The number of benzene rings is 2. The molecule has 2 saturated heterocycles. The molecule has 0 N–H and O–H groups in total. The second-order valence-corrected chi connectivity index (χ2v) is 11.0. The Morgan fingerprint density at radius 2 is 1.45 bits per heavy atom. The first-order chi connectivity index (χ1) is 16.0. The van der Waals surface area contributed by atoms with Crippen LogP contribution in [0.25, 0.3) is 0 Å². The minimum absolute atomic E-state index is 0.647. The summed E-state index contributed by atoms with van der Waals surface area (Å²) >= 11 is 3.65. The molecule has 0 radical (unpaired) electrons. The van der Waals surface area contributed by atoms with E-state index >= 15 is 0 Å². The summed E-state index contributed by atoms with van der Waals surface area (Å²) in [5.41, 5.74) is 1.54. The highest BCUT2D eigenvalue weighted by molar-refractivity contribution is 7.98. The van der Waals surface area contributed by atoms with Crippen molar-refractivity contribution in [1.82, 2.24) is 9.80 Å². The molecule has 0 aromatic heterocycles. The number of thioether (sulfide) groups is 2. The minimum Gasteiger partial charge on any atom is -0.301 e. The van der Waals surface area contributed by atoms with E-state index < -0.39 is 0 Å². The lowest BCUT2D eigenvalue weighted by Crippen LogP contribution is -2.32. The van der Waals surface area contributed by atoms with Gasteiger partial charge in [-0.25, -0.2) is 0 Å². The van der Waals surface area contributed by atoms with Crippen LogP contribution in [0.5, 0.6) is 0 Å². The summed E-state index contributed by atoms with van der Waals surface area (Å²) in [4.78, 5) is 8.00. The lowest BCUT2D eigenvalue weighted by molar-refractivity contribution is 0.186. The molecule has 0 spiro atoms. The van der Waals surface area contributed by atoms with Crippen LogP contribution in [0.2, 0.25) is 0 Å². The van der Waals surface area contributed by atoms with Crippen molar-refractivity contribution in [2.24, 2.45) is 0 Å². The lowest BCUT2D eigenvalue weighted by Gasteiger charge is -2.31. The molecule has 0 saturated carbocycles. The predicted octanol–water partition coefficient (Wildman–Crippen LogP) is 8.24. The van der Waals surface area contributed by atoms with Crippen LogP contribution >= 0.6 is 23.5 Å². The first-order valence-corrected chi connectivity index (χ1v) is 15.2. The molecule has 0 aliphatic carbocycles. The van der Waals surface area contributed by atoms with Crippen LogP contribution < -0.4 is 0 Å². The number of hydrogen-bond donors (Lipinski definition) is 0.